The maximum absolute atomic E-state index is 12.0. The van der Waals surface area contributed by atoms with Crippen LogP contribution < -0.4 is 0 Å². The second-order valence-corrected chi connectivity index (χ2v) is 3.19. The first-order chi connectivity index (χ1) is 6.72. The molecule has 8 heteroatoms. The van der Waals surface area contributed by atoms with Crippen LogP contribution in [0.4, 0.5) is 13.2 Å². The molecule has 0 spiro atoms. The van der Waals surface area contributed by atoms with Gasteiger partial charge >= 0.3 is 12.1 Å². The van der Waals surface area contributed by atoms with E-state index in [0.29, 0.717) is 4.68 Å². The summed E-state index contributed by atoms with van der Waals surface area (Å²) >= 11 is 5.45. The Kier molecular flexibility index (Phi) is 2.94. The molecule has 1 aromatic heterocycles. The molecule has 1 aromatic rings. The van der Waals surface area contributed by atoms with E-state index < -0.39 is 29.4 Å². The Morgan fingerprint density at radius 1 is 1.60 bits per heavy atom. The van der Waals surface area contributed by atoms with E-state index in [1.807, 2.05) is 0 Å². The second kappa shape index (κ2) is 3.73. The summed E-state index contributed by atoms with van der Waals surface area (Å²) in [5.41, 5.74) is -0.447. The van der Waals surface area contributed by atoms with Crippen LogP contribution in [0.1, 0.15) is 16.1 Å². The van der Waals surface area contributed by atoms with Crippen LogP contribution in [-0.2, 0) is 6.54 Å². The molecule has 0 aliphatic rings. The predicted octanol–water partition coefficient (Wildman–Crippen LogP) is 2.11. The Morgan fingerprint density at radius 2 is 2.13 bits per heavy atom. The van der Waals surface area contributed by atoms with Crippen molar-refractivity contribution in [3.05, 3.63) is 16.4 Å². The van der Waals surface area contributed by atoms with Gasteiger partial charge < -0.3 is 5.11 Å². The van der Waals surface area contributed by atoms with Gasteiger partial charge in [0.25, 0.3) is 0 Å². The lowest BCUT2D eigenvalue weighted by Crippen LogP contribution is -2.18. The SMILES string of the molecule is Cc1nn(CC(F)(F)F)c(Cl)c1C(=O)O. The van der Waals surface area contributed by atoms with E-state index in [0.717, 1.165) is 0 Å². The van der Waals surface area contributed by atoms with E-state index in [-0.39, 0.29) is 5.69 Å². The summed E-state index contributed by atoms with van der Waals surface area (Å²) in [7, 11) is 0. The molecule has 1 rings (SSSR count). The first-order valence-electron chi connectivity index (χ1n) is 3.75. The van der Waals surface area contributed by atoms with Gasteiger partial charge in [-0.25, -0.2) is 9.48 Å². The Balaban J connectivity index is 3.13. The molecule has 0 saturated heterocycles. The Hall–Kier alpha value is -1.24. The standard InChI is InChI=1S/C7H6ClF3N2O2/c1-3-4(6(14)15)5(8)13(12-3)2-7(9,10)11/h2H2,1H3,(H,14,15). The van der Waals surface area contributed by atoms with Crippen molar-refractivity contribution in [3.8, 4) is 0 Å². The monoisotopic (exact) mass is 242 g/mol. The van der Waals surface area contributed by atoms with Crippen LogP contribution in [0, 0.1) is 6.92 Å². The molecule has 0 amide bonds. The van der Waals surface area contributed by atoms with Gasteiger partial charge in [-0.2, -0.15) is 18.3 Å². The van der Waals surface area contributed by atoms with Crippen LogP contribution in [0.5, 0.6) is 0 Å². The topological polar surface area (TPSA) is 55.1 Å². The number of nitrogens with zero attached hydrogens (tertiary/aromatic N) is 2. The third-order valence-corrected chi connectivity index (χ3v) is 1.99. The molecule has 0 radical (unpaired) electrons. The third-order valence-electron chi connectivity index (χ3n) is 1.61. The van der Waals surface area contributed by atoms with E-state index in [4.69, 9.17) is 16.7 Å². The Labute approximate surface area is 87.3 Å². The van der Waals surface area contributed by atoms with Crippen molar-refractivity contribution in [1.82, 2.24) is 9.78 Å². The van der Waals surface area contributed by atoms with Gasteiger partial charge in [-0.05, 0) is 6.92 Å². The molecule has 0 aliphatic carbocycles. The van der Waals surface area contributed by atoms with Gasteiger partial charge in [0.15, 0.2) is 0 Å². The van der Waals surface area contributed by atoms with Gasteiger partial charge in [0, 0.05) is 0 Å². The van der Waals surface area contributed by atoms with E-state index in [2.05, 4.69) is 5.10 Å². The largest absolute Gasteiger partial charge is 0.478 e. The molecule has 1 heterocycles. The normalized spacial score (nSPS) is 11.8. The Morgan fingerprint density at radius 3 is 2.47 bits per heavy atom. The lowest BCUT2D eigenvalue weighted by Gasteiger charge is -2.06. The number of alkyl halides is 3. The van der Waals surface area contributed by atoms with Gasteiger partial charge in [-0.1, -0.05) is 11.6 Å². The molecule has 0 atom stereocenters. The maximum atomic E-state index is 12.0. The fourth-order valence-corrected chi connectivity index (χ4v) is 1.39. The fraction of sp³-hybridized carbons (Fsp3) is 0.429. The van der Waals surface area contributed by atoms with Crippen LogP contribution in [0.3, 0.4) is 0 Å². The number of hydrogen-bond donors (Lipinski definition) is 1. The summed E-state index contributed by atoms with van der Waals surface area (Å²) in [6.45, 7) is -0.123. The van der Waals surface area contributed by atoms with Crippen LogP contribution in [0.15, 0.2) is 0 Å². The molecule has 84 valence electrons. The molecule has 0 unspecified atom stereocenters. The number of hydrogen-bond acceptors (Lipinski definition) is 2. The van der Waals surface area contributed by atoms with E-state index in [1.165, 1.54) is 6.92 Å². The van der Waals surface area contributed by atoms with Gasteiger partial charge in [0.05, 0.1) is 5.69 Å². The minimum atomic E-state index is -4.49. The quantitative estimate of drug-likeness (QED) is 0.864. The first kappa shape index (κ1) is 11.8. The average molecular weight is 243 g/mol. The highest BCUT2D eigenvalue weighted by Crippen LogP contribution is 2.24. The van der Waals surface area contributed by atoms with Crippen molar-refractivity contribution in [3.63, 3.8) is 0 Å². The zero-order valence-electron chi connectivity index (χ0n) is 7.47. The smallest absolute Gasteiger partial charge is 0.408 e. The highest BCUT2D eigenvalue weighted by molar-refractivity contribution is 6.32. The van der Waals surface area contributed by atoms with E-state index in [1.54, 1.807) is 0 Å². The zero-order chi connectivity index (χ0) is 11.8. The lowest BCUT2D eigenvalue weighted by atomic mass is 10.3. The summed E-state index contributed by atoms with van der Waals surface area (Å²) in [5.74, 6) is -1.40. The molecule has 1 N–H and O–H groups in total. The van der Waals surface area contributed by atoms with Crippen LogP contribution >= 0.6 is 11.6 Å². The minimum Gasteiger partial charge on any atom is -0.478 e. The maximum Gasteiger partial charge on any atom is 0.408 e. The number of aromatic carboxylic acids is 1. The number of carbonyl (C=O) groups is 1. The third kappa shape index (κ3) is 2.62. The number of aromatic nitrogens is 2. The van der Waals surface area contributed by atoms with Crippen LogP contribution in [0.25, 0.3) is 0 Å². The summed E-state index contributed by atoms with van der Waals surface area (Å²) in [6.07, 6.45) is -4.49. The molecule has 0 bridgehead atoms. The van der Waals surface area contributed by atoms with E-state index >= 15 is 0 Å². The molecule has 0 aromatic carbocycles. The molecular formula is C7H6ClF3N2O2. The zero-order valence-corrected chi connectivity index (χ0v) is 8.22. The minimum absolute atomic E-state index is 0.0447. The Bertz CT molecular complexity index is 400. The number of rotatable bonds is 2. The molecule has 0 aliphatic heterocycles. The number of carboxylic acid groups (broad SMARTS) is 1. The van der Waals surface area contributed by atoms with Crippen molar-refractivity contribution >= 4 is 17.6 Å². The second-order valence-electron chi connectivity index (χ2n) is 2.83. The highest BCUT2D eigenvalue weighted by atomic mass is 35.5. The van der Waals surface area contributed by atoms with Gasteiger partial charge in [-0.3, -0.25) is 0 Å². The summed E-state index contributed by atoms with van der Waals surface area (Å²) in [4.78, 5) is 10.6. The van der Waals surface area contributed by atoms with Crippen molar-refractivity contribution in [2.45, 2.75) is 19.6 Å². The number of halogens is 4. The molecule has 15 heavy (non-hydrogen) atoms. The molecule has 0 saturated carbocycles. The van der Waals surface area contributed by atoms with Crippen molar-refractivity contribution in [1.29, 1.82) is 0 Å². The van der Waals surface area contributed by atoms with Crippen LogP contribution in [0.2, 0.25) is 5.15 Å². The van der Waals surface area contributed by atoms with Gasteiger partial charge in [0.2, 0.25) is 0 Å². The molecule has 0 fully saturated rings. The van der Waals surface area contributed by atoms with Crippen molar-refractivity contribution < 1.29 is 23.1 Å². The van der Waals surface area contributed by atoms with Crippen molar-refractivity contribution in [2.24, 2.45) is 0 Å². The summed E-state index contributed by atoms with van der Waals surface area (Å²) < 4.78 is 36.4. The molecule has 4 nitrogen and oxygen atoms in total. The fourth-order valence-electron chi connectivity index (χ4n) is 1.07. The average Bonchev–Trinajstić information content (AvgIpc) is 2.23. The molecular weight excluding hydrogens is 237 g/mol. The predicted molar refractivity (Wildman–Crippen MR) is 45.0 cm³/mol. The summed E-state index contributed by atoms with van der Waals surface area (Å²) in [5, 5.41) is 11.5. The first-order valence-corrected chi connectivity index (χ1v) is 4.13. The lowest BCUT2D eigenvalue weighted by molar-refractivity contribution is -0.142. The number of aryl methyl sites for hydroxylation is 1. The van der Waals surface area contributed by atoms with Gasteiger partial charge in [0.1, 0.15) is 17.3 Å². The van der Waals surface area contributed by atoms with Gasteiger partial charge in [-0.15, -0.1) is 0 Å². The van der Waals surface area contributed by atoms with E-state index in [9.17, 15) is 18.0 Å². The number of carboxylic acids is 1. The van der Waals surface area contributed by atoms with Crippen LogP contribution in [-0.4, -0.2) is 27.0 Å². The van der Waals surface area contributed by atoms with Crippen molar-refractivity contribution in [2.75, 3.05) is 0 Å². The highest BCUT2D eigenvalue weighted by Gasteiger charge is 2.31. The summed E-state index contributed by atoms with van der Waals surface area (Å²) in [6, 6.07) is 0.